The van der Waals surface area contributed by atoms with Crippen LogP contribution in [0.5, 0.6) is 11.5 Å². The Balaban J connectivity index is 2.36. The van der Waals surface area contributed by atoms with Gasteiger partial charge in [0.25, 0.3) is 0 Å². The Morgan fingerprint density at radius 2 is 1.76 bits per heavy atom. The first-order valence-corrected chi connectivity index (χ1v) is 9.13. The van der Waals surface area contributed by atoms with Crippen molar-refractivity contribution in [2.75, 3.05) is 10.7 Å². The Labute approximate surface area is 145 Å². The molecule has 0 N–H and O–H groups in total. The van der Waals surface area contributed by atoms with E-state index in [-0.39, 0.29) is 5.82 Å². The zero-order valence-corrected chi connectivity index (χ0v) is 15.1. The lowest BCUT2D eigenvalue weighted by atomic mass is 10.1. The van der Waals surface area contributed by atoms with Crippen LogP contribution in [0.4, 0.5) is 4.39 Å². The van der Waals surface area contributed by atoms with Gasteiger partial charge in [0.05, 0.1) is 0 Å². The van der Waals surface area contributed by atoms with E-state index in [1.807, 2.05) is 18.2 Å². The number of ether oxygens (including phenoxy) is 1. The summed E-state index contributed by atoms with van der Waals surface area (Å²) >= 11 is 13.0. The topological polar surface area (TPSA) is 9.23 Å². The van der Waals surface area contributed by atoms with E-state index >= 15 is 0 Å². The van der Waals surface area contributed by atoms with Crippen molar-refractivity contribution in [1.29, 1.82) is 0 Å². The highest BCUT2D eigenvalue weighted by Crippen LogP contribution is 2.33. The van der Waals surface area contributed by atoms with Gasteiger partial charge in [0, 0.05) is 21.2 Å². The van der Waals surface area contributed by atoms with Gasteiger partial charge in [-0.25, -0.2) is 4.39 Å². The molecule has 0 spiro atoms. The monoisotopic (exact) mass is 434 g/mol. The molecule has 5 heteroatoms. The number of aryl methyl sites for hydroxylation is 1. The predicted octanol–water partition coefficient (Wildman–Crippen LogP) is 6.15. The van der Waals surface area contributed by atoms with E-state index in [4.69, 9.17) is 16.3 Å². The maximum atomic E-state index is 13.4. The van der Waals surface area contributed by atoms with Crippen molar-refractivity contribution in [3.8, 4) is 11.5 Å². The minimum absolute atomic E-state index is 0.259. The molecule has 0 radical (unpaired) electrons. The Morgan fingerprint density at radius 1 is 1.00 bits per heavy atom. The zero-order chi connectivity index (χ0) is 15.2. The molecule has 0 fully saturated rings. The first-order valence-electron chi connectivity index (χ1n) is 6.51. The number of hydrogen-bond acceptors (Lipinski definition) is 1. The van der Waals surface area contributed by atoms with Crippen LogP contribution in [0.15, 0.2) is 36.4 Å². The lowest BCUT2D eigenvalue weighted by Crippen LogP contribution is -1.98. The normalized spacial score (nSPS) is 10.7. The molecule has 0 amide bonds. The highest BCUT2D eigenvalue weighted by molar-refractivity contribution is 9.09. The quantitative estimate of drug-likeness (QED) is 0.494. The molecule has 2 rings (SSSR count). The van der Waals surface area contributed by atoms with Crippen LogP contribution >= 0.6 is 43.5 Å². The van der Waals surface area contributed by atoms with Gasteiger partial charge in [-0.05, 0) is 48.7 Å². The average Bonchev–Trinajstić information content (AvgIpc) is 2.46. The van der Waals surface area contributed by atoms with E-state index in [0.29, 0.717) is 22.9 Å². The fraction of sp³-hybridized carbons (Fsp3) is 0.250. The molecule has 0 bridgehead atoms. The standard InChI is InChI=1S/C16H14Br2ClFO/c17-8-6-11-10-12(20)4-5-15(11)21-16-3-1-2-14(19)13(16)7-9-18/h1-5,10H,6-9H2. The number of benzene rings is 2. The Kier molecular flexibility index (Phi) is 6.52. The lowest BCUT2D eigenvalue weighted by molar-refractivity contribution is 0.469. The minimum Gasteiger partial charge on any atom is -0.457 e. The molecule has 0 aliphatic heterocycles. The molecular weight excluding hydrogens is 422 g/mol. The Morgan fingerprint density at radius 3 is 2.48 bits per heavy atom. The third-order valence-corrected chi connectivity index (χ3v) is 4.17. The van der Waals surface area contributed by atoms with E-state index in [9.17, 15) is 4.39 Å². The summed E-state index contributed by atoms with van der Waals surface area (Å²) in [5.74, 6) is 1.11. The van der Waals surface area contributed by atoms with Gasteiger partial charge in [-0.2, -0.15) is 0 Å². The van der Waals surface area contributed by atoms with Crippen molar-refractivity contribution >= 4 is 43.5 Å². The van der Waals surface area contributed by atoms with E-state index in [0.717, 1.165) is 28.2 Å². The molecule has 0 aliphatic rings. The molecule has 0 unspecified atom stereocenters. The highest BCUT2D eigenvalue weighted by atomic mass is 79.9. The third-order valence-electron chi connectivity index (χ3n) is 3.03. The summed E-state index contributed by atoms with van der Waals surface area (Å²) < 4.78 is 19.4. The van der Waals surface area contributed by atoms with Gasteiger partial charge >= 0.3 is 0 Å². The minimum atomic E-state index is -0.259. The van der Waals surface area contributed by atoms with Crippen molar-refractivity contribution in [2.24, 2.45) is 0 Å². The first kappa shape index (κ1) is 16.8. The molecule has 2 aromatic carbocycles. The number of hydrogen-bond donors (Lipinski definition) is 0. The molecule has 112 valence electrons. The summed E-state index contributed by atoms with van der Waals surface area (Å²) in [6, 6.07) is 10.1. The van der Waals surface area contributed by atoms with Gasteiger partial charge in [0.2, 0.25) is 0 Å². The first-order chi connectivity index (χ1) is 10.2. The molecular formula is C16H14Br2ClFO. The maximum absolute atomic E-state index is 13.4. The van der Waals surface area contributed by atoms with Gasteiger partial charge < -0.3 is 4.74 Å². The van der Waals surface area contributed by atoms with Crippen LogP contribution < -0.4 is 4.74 Å². The molecule has 2 aromatic rings. The van der Waals surface area contributed by atoms with E-state index < -0.39 is 0 Å². The number of rotatable bonds is 6. The fourth-order valence-electron chi connectivity index (χ4n) is 2.03. The second kappa shape index (κ2) is 8.16. The van der Waals surface area contributed by atoms with Gasteiger partial charge in [-0.15, -0.1) is 0 Å². The molecule has 0 saturated carbocycles. The Hall–Kier alpha value is -0.580. The predicted molar refractivity (Wildman–Crippen MR) is 92.9 cm³/mol. The second-order valence-corrected chi connectivity index (χ2v) is 6.44. The molecule has 0 atom stereocenters. The average molecular weight is 437 g/mol. The second-order valence-electron chi connectivity index (χ2n) is 4.45. The van der Waals surface area contributed by atoms with Gasteiger partial charge in [0.15, 0.2) is 0 Å². The van der Waals surface area contributed by atoms with Gasteiger partial charge in [0.1, 0.15) is 17.3 Å². The van der Waals surface area contributed by atoms with Crippen LogP contribution in [0.3, 0.4) is 0 Å². The van der Waals surface area contributed by atoms with Crippen molar-refractivity contribution in [1.82, 2.24) is 0 Å². The number of halogens is 4. The smallest absolute Gasteiger partial charge is 0.132 e. The fourth-order valence-corrected chi connectivity index (χ4v) is 3.12. The molecule has 1 nitrogen and oxygen atoms in total. The van der Waals surface area contributed by atoms with Crippen molar-refractivity contribution in [2.45, 2.75) is 12.8 Å². The van der Waals surface area contributed by atoms with Crippen LogP contribution in [-0.2, 0) is 12.8 Å². The van der Waals surface area contributed by atoms with Crippen LogP contribution in [0, 0.1) is 5.82 Å². The molecule has 0 heterocycles. The summed E-state index contributed by atoms with van der Waals surface area (Å²) in [6.45, 7) is 0. The summed E-state index contributed by atoms with van der Waals surface area (Å²) in [4.78, 5) is 0. The van der Waals surface area contributed by atoms with E-state index in [1.165, 1.54) is 12.1 Å². The summed E-state index contributed by atoms with van der Waals surface area (Å²) in [5, 5.41) is 2.22. The summed E-state index contributed by atoms with van der Waals surface area (Å²) in [7, 11) is 0. The third kappa shape index (κ3) is 4.44. The van der Waals surface area contributed by atoms with Crippen LogP contribution in [0.2, 0.25) is 5.02 Å². The van der Waals surface area contributed by atoms with Crippen molar-refractivity contribution in [3.63, 3.8) is 0 Å². The number of alkyl halides is 2. The maximum Gasteiger partial charge on any atom is 0.132 e. The van der Waals surface area contributed by atoms with Crippen LogP contribution in [-0.4, -0.2) is 10.7 Å². The summed E-state index contributed by atoms with van der Waals surface area (Å²) in [5.41, 5.74) is 1.78. The molecule has 0 saturated heterocycles. The van der Waals surface area contributed by atoms with Gasteiger partial charge in [-0.3, -0.25) is 0 Å². The van der Waals surface area contributed by atoms with Crippen molar-refractivity contribution < 1.29 is 9.13 Å². The molecule has 0 aliphatic carbocycles. The molecule has 21 heavy (non-hydrogen) atoms. The Bertz CT molecular complexity index is 619. The van der Waals surface area contributed by atoms with E-state index in [1.54, 1.807) is 6.07 Å². The zero-order valence-electron chi connectivity index (χ0n) is 11.2. The highest BCUT2D eigenvalue weighted by Gasteiger charge is 2.11. The molecule has 0 aromatic heterocycles. The van der Waals surface area contributed by atoms with Crippen LogP contribution in [0.25, 0.3) is 0 Å². The largest absolute Gasteiger partial charge is 0.457 e. The summed E-state index contributed by atoms with van der Waals surface area (Å²) in [6.07, 6.45) is 1.46. The van der Waals surface area contributed by atoms with Crippen molar-refractivity contribution in [3.05, 3.63) is 58.4 Å². The lowest BCUT2D eigenvalue weighted by Gasteiger charge is -2.14. The SMILES string of the molecule is Fc1ccc(Oc2cccc(Cl)c2CCBr)c(CCBr)c1. The van der Waals surface area contributed by atoms with Gasteiger partial charge in [-0.1, -0.05) is 49.5 Å². The van der Waals surface area contributed by atoms with E-state index in [2.05, 4.69) is 31.9 Å². The van der Waals surface area contributed by atoms with Crippen LogP contribution in [0.1, 0.15) is 11.1 Å².